The van der Waals surface area contributed by atoms with Crippen molar-refractivity contribution < 1.29 is 4.74 Å². The van der Waals surface area contributed by atoms with Crippen LogP contribution in [-0.4, -0.2) is 75.4 Å². The number of rotatable bonds is 9. The highest BCUT2D eigenvalue weighted by Crippen LogP contribution is 2.26. The van der Waals surface area contributed by atoms with Crippen molar-refractivity contribution in [1.29, 1.82) is 0 Å². The molecule has 0 radical (unpaired) electrons. The van der Waals surface area contributed by atoms with Crippen LogP contribution in [0.25, 0.3) is 0 Å². The Morgan fingerprint density at radius 1 is 1.32 bits per heavy atom. The van der Waals surface area contributed by atoms with Crippen molar-refractivity contribution in [3.8, 4) is 0 Å². The lowest BCUT2D eigenvalue weighted by Crippen LogP contribution is -2.48. The Morgan fingerprint density at radius 3 is 2.84 bits per heavy atom. The Balaban J connectivity index is 1.68. The Labute approximate surface area is 151 Å². The summed E-state index contributed by atoms with van der Waals surface area (Å²) in [4.78, 5) is 5.02. The topological polar surface area (TPSA) is 59.3 Å². The van der Waals surface area contributed by atoms with E-state index in [-0.39, 0.29) is 6.10 Å². The van der Waals surface area contributed by atoms with Gasteiger partial charge in [-0.25, -0.2) is 4.68 Å². The van der Waals surface area contributed by atoms with Gasteiger partial charge in [-0.1, -0.05) is 25.8 Å². The molecule has 2 aliphatic rings. The lowest BCUT2D eigenvalue weighted by Gasteiger charge is -2.38. The van der Waals surface area contributed by atoms with Gasteiger partial charge in [0, 0.05) is 39.3 Å². The van der Waals surface area contributed by atoms with Crippen LogP contribution in [0.5, 0.6) is 0 Å². The average molecular weight is 348 g/mol. The largest absolute Gasteiger partial charge is 0.376 e. The molecule has 0 N–H and O–H groups in total. The average Bonchev–Trinajstić information content (AvgIpc) is 3.30. The SMILES string of the molecule is C=CCN1CCN(C(CCCC)c2nnnn2CC2CCCO2)CC1. The maximum atomic E-state index is 5.78. The van der Waals surface area contributed by atoms with E-state index in [1.807, 2.05) is 10.8 Å². The fraction of sp³-hybridized carbons (Fsp3) is 0.833. The second-order valence-electron chi connectivity index (χ2n) is 7.14. The molecule has 0 saturated carbocycles. The van der Waals surface area contributed by atoms with Crippen LogP contribution in [0.2, 0.25) is 0 Å². The summed E-state index contributed by atoms with van der Waals surface area (Å²) < 4.78 is 7.78. The van der Waals surface area contributed by atoms with Crippen LogP contribution in [-0.2, 0) is 11.3 Å². The van der Waals surface area contributed by atoms with E-state index in [1.165, 1.54) is 12.8 Å². The monoisotopic (exact) mass is 348 g/mol. The van der Waals surface area contributed by atoms with Crippen LogP contribution in [0.3, 0.4) is 0 Å². The number of hydrogen-bond donors (Lipinski definition) is 0. The molecule has 0 amide bonds. The van der Waals surface area contributed by atoms with Crippen molar-refractivity contribution in [2.45, 2.75) is 57.7 Å². The quantitative estimate of drug-likeness (QED) is 0.635. The van der Waals surface area contributed by atoms with Gasteiger partial charge in [0.2, 0.25) is 0 Å². The van der Waals surface area contributed by atoms with Crippen LogP contribution in [0.1, 0.15) is 50.9 Å². The van der Waals surface area contributed by atoms with E-state index in [0.29, 0.717) is 6.04 Å². The Kier molecular flexibility index (Phi) is 6.95. The first-order valence-corrected chi connectivity index (χ1v) is 9.76. The summed E-state index contributed by atoms with van der Waals surface area (Å²) in [5.41, 5.74) is 0. The summed E-state index contributed by atoms with van der Waals surface area (Å²) in [7, 11) is 0. The van der Waals surface area contributed by atoms with Crippen molar-refractivity contribution >= 4 is 0 Å². The molecule has 140 valence electrons. The number of tetrazole rings is 1. The van der Waals surface area contributed by atoms with Gasteiger partial charge in [0.15, 0.2) is 5.82 Å². The third-order valence-electron chi connectivity index (χ3n) is 5.32. The summed E-state index contributed by atoms with van der Waals surface area (Å²) in [5.74, 6) is 1.01. The van der Waals surface area contributed by atoms with Crippen LogP contribution in [0, 0.1) is 0 Å². The van der Waals surface area contributed by atoms with Gasteiger partial charge in [0.05, 0.1) is 18.7 Å². The van der Waals surface area contributed by atoms with Crippen molar-refractivity contribution in [3.63, 3.8) is 0 Å². The molecule has 2 saturated heterocycles. The van der Waals surface area contributed by atoms with Crippen LogP contribution in [0.15, 0.2) is 12.7 Å². The highest BCUT2D eigenvalue weighted by molar-refractivity contribution is 4.96. The molecule has 3 rings (SSSR count). The number of hydrogen-bond acceptors (Lipinski definition) is 6. The zero-order valence-electron chi connectivity index (χ0n) is 15.5. The zero-order chi connectivity index (χ0) is 17.5. The highest BCUT2D eigenvalue weighted by Gasteiger charge is 2.29. The van der Waals surface area contributed by atoms with Crippen molar-refractivity contribution in [2.24, 2.45) is 0 Å². The number of unbranched alkanes of at least 4 members (excludes halogenated alkanes) is 1. The van der Waals surface area contributed by atoms with Crippen LogP contribution < -0.4 is 0 Å². The molecule has 3 heterocycles. The molecule has 7 heteroatoms. The standard InChI is InChI=1S/C18H32N6O/c1-3-5-8-17(23-12-10-22(9-4-2)11-13-23)18-19-20-21-24(18)15-16-7-6-14-25-16/h4,16-17H,2-3,5-15H2,1H3. The van der Waals surface area contributed by atoms with Crippen molar-refractivity contribution in [3.05, 3.63) is 18.5 Å². The van der Waals surface area contributed by atoms with Gasteiger partial charge >= 0.3 is 0 Å². The number of ether oxygens (including phenoxy) is 1. The maximum Gasteiger partial charge on any atom is 0.168 e. The first-order valence-electron chi connectivity index (χ1n) is 9.76. The summed E-state index contributed by atoms with van der Waals surface area (Å²) in [6, 6.07) is 0.308. The molecule has 0 bridgehead atoms. The van der Waals surface area contributed by atoms with Gasteiger partial charge in [-0.15, -0.1) is 11.7 Å². The first kappa shape index (κ1) is 18.5. The van der Waals surface area contributed by atoms with Gasteiger partial charge in [0.25, 0.3) is 0 Å². The van der Waals surface area contributed by atoms with E-state index in [9.17, 15) is 0 Å². The number of nitrogens with zero attached hydrogens (tertiary/aromatic N) is 6. The first-order chi connectivity index (χ1) is 12.3. The normalized spacial score (nSPS) is 23.8. The number of piperazine rings is 1. The fourth-order valence-corrected chi connectivity index (χ4v) is 3.87. The molecule has 2 unspecified atom stereocenters. The summed E-state index contributed by atoms with van der Waals surface area (Å²) >= 11 is 0. The predicted molar refractivity (Wildman–Crippen MR) is 97.3 cm³/mol. The van der Waals surface area contributed by atoms with Crippen molar-refractivity contribution in [1.82, 2.24) is 30.0 Å². The van der Waals surface area contributed by atoms with Gasteiger partial charge in [-0.3, -0.25) is 9.80 Å². The predicted octanol–water partition coefficient (Wildman–Crippen LogP) is 1.89. The van der Waals surface area contributed by atoms with Crippen LogP contribution in [0.4, 0.5) is 0 Å². The van der Waals surface area contributed by atoms with Crippen molar-refractivity contribution in [2.75, 3.05) is 39.3 Å². The Hall–Kier alpha value is -1.31. The van der Waals surface area contributed by atoms with E-state index in [4.69, 9.17) is 4.74 Å². The third-order valence-corrected chi connectivity index (χ3v) is 5.32. The molecule has 7 nitrogen and oxygen atoms in total. The van der Waals surface area contributed by atoms with E-state index < -0.39 is 0 Å². The van der Waals surface area contributed by atoms with Gasteiger partial charge < -0.3 is 4.74 Å². The molecule has 25 heavy (non-hydrogen) atoms. The van der Waals surface area contributed by atoms with E-state index in [2.05, 4.69) is 38.8 Å². The molecule has 0 aromatic carbocycles. The van der Waals surface area contributed by atoms with Gasteiger partial charge in [-0.05, 0) is 29.7 Å². The van der Waals surface area contributed by atoms with E-state index in [0.717, 1.165) is 71.0 Å². The fourth-order valence-electron chi connectivity index (χ4n) is 3.87. The molecule has 0 aliphatic carbocycles. The molecule has 0 spiro atoms. The second kappa shape index (κ2) is 9.40. The third kappa shape index (κ3) is 4.86. The van der Waals surface area contributed by atoms with E-state index in [1.54, 1.807) is 0 Å². The van der Waals surface area contributed by atoms with E-state index >= 15 is 0 Å². The minimum absolute atomic E-state index is 0.263. The summed E-state index contributed by atoms with van der Waals surface area (Å²) in [5, 5.41) is 12.7. The minimum Gasteiger partial charge on any atom is -0.376 e. The molecule has 2 aliphatic heterocycles. The number of aromatic nitrogens is 4. The van der Waals surface area contributed by atoms with Gasteiger partial charge in [-0.2, -0.15) is 0 Å². The Bertz CT molecular complexity index is 519. The lowest BCUT2D eigenvalue weighted by atomic mass is 10.1. The Morgan fingerprint density at radius 2 is 2.16 bits per heavy atom. The molecule has 2 atom stereocenters. The molecular formula is C18H32N6O. The molecule has 2 fully saturated rings. The highest BCUT2D eigenvalue weighted by atomic mass is 16.5. The minimum atomic E-state index is 0.263. The van der Waals surface area contributed by atoms with Gasteiger partial charge in [0.1, 0.15) is 0 Å². The zero-order valence-corrected chi connectivity index (χ0v) is 15.5. The lowest BCUT2D eigenvalue weighted by molar-refractivity contribution is 0.0786. The molecular weight excluding hydrogens is 316 g/mol. The maximum absolute atomic E-state index is 5.78. The van der Waals surface area contributed by atoms with Crippen LogP contribution >= 0.6 is 0 Å². The molecule has 1 aromatic rings. The summed E-state index contributed by atoms with van der Waals surface area (Å²) in [6.07, 6.45) is 8.02. The second-order valence-corrected chi connectivity index (χ2v) is 7.14. The summed E-state index contributed by atoms with van der Waals surface area (Å²) in [6.45, 7) is 13.0. The molecule has 1 aromatic heterocycles. The smallest absolute Gasteiger partial charge is 0.168 e.